The topological polar surface area (TPSA) is 74.2 Å². The number of hydrogen-bond acceptors (Lipinski definition) is 6. The molecule has 0 aliphatic carbocycles. The Morgan fingerprint density at radius 1 is 1.12 bits per heavy atom. The molecule has 7 nitrogen and oxygen atoms in total. The molecule has 1 saturated heterocycles. The molecule has 0 bridgehead atoms. The van der Waals surface area contributed by atoms with Gasteiger partial charge in [-0.05, 0) is 37.1 Å². The van der Waals surface area contributed by atoms with Crippen molar-refractivity contribution in [2.75, 3.05) is 36.4 Å². The van der Waals surface area contributed by atoms with Gasteiger partial charge in [0, 0.05) is 33.1 Å². The number of carbonyl (C=O) groups is 1. The number of nitrogens with one attached hydrogen (secondary N) is 1. The van der Waals surface area contributed by atoms with Crippen molar-refractivity contribution in [1.82, 2.24) is 19.9 Å². The van der Waals surface area contributed by atoms with E-state index in [1.807, 2.05) is 6.07 Å². The minimum Gasteiger partial charge on any atom is -0.367 e. The number of halogens is 3. The van der Waals surface area contributed by atoms with E-state index in [1.54, 1.807) is 31.0 Å². The Bertz CT molecular complexity index is 1170. The van der Waals surface area contributed by atoms with Crippen molar-refractivity contribution in [2.24, 2.45) is 0 Å². The third kappa shape index (κ3) is 4.69. The van der Waals surface area contributed by atoms with Crippen LogP contribution in [0.2, 0.25) is 0 Å². The van der Waals surface area contributed by atoms with Gasteiger partial charge in [0.1, 0.15) is 12.1 Å². The van der Waals surface area contributed by atoms with E-state index in [0.29, 0.717) is 48.6 Å². The SMILES string of the molecule is CC(=O)N1CCN(c2cnc3ncnc(N[C@H](C)c4cccc(C(F)(F)F)c4C)c3c2)CC1. The van der Waals surface area contributed by atoms with Crippen molar-refractivity contribution in [3.63, 3.8) is 0 Å². The first-order valence-electron chi connectivity index (χ1n) is 10.7. The van der Waals surface area contributed by atoms with Gasteiger partial charge in [-0.1, -0.05) is 12.1 Å². The van der Waals surface area contributed by atoms with Crippen molar-refractivity contribution >= 4 is 28.4 Å². The highest BCUT2D eigenvalue weighted by Gasteiger charge is 2.33. The van der Waals surface area contributed by atoms with Crippen molar-refractivity contribution < 1.29 is 18.0 Å². The van der Waals surface area contributed by atoms with Crippen LogP contribution < -0.4 is 10.2 Å². The summed E-state index contributed by atoms with van der Waals surface area (Å²) in [7, 11) is 0. The Labute approximate surface area is 189 Å². The number of amides is 1. The smallest absolute Gasteiger partial charge is 0.367 e. The van der Waals surface area contributed by atoms with Gasteiger partial charge in [-0.3, -0.25) is 4.79 Å². The molecule has 1 amide bonds. The summed E-state index contributed by atoms with van der Waals surface area (Å²) in [6.45, 7) is 7.48. The van der Waals surface area contributed by atoms with Gasteiger partial charge >= 0.3 is 6.18 Å². The molecule has 0 spiro atoms. The van der Waals surface area contributed by atoms with Crippen LogP contribution in [0.25, 0.3) is 11.0 Å². The van der Waals surface area contributed by atoms with E-state index in [2.05, 4.69) is 25.2 Å². The molecule has 4 rings (SSSR count). The van der Waals surface area contributed by atoms with Gasteiger partial charge in [0.2, 0.25) is 5.91 Å². The standard InChI is InChI=1S/C23H25F3N6O/c1-14-18(5-4-6-20(14)23(24,25)26)15(2)30-22-19-11-17(12-27-21(19)28-13-29-22)32-9-7-31(8-10-32)16(3)33/h4-6,11-13,15H,7-10H2,1-3H3,(H,27,28,29,30)/t15-/m1/s1. The minimum absolute atomic E-state index is 0.0602. The number of hydrogen-bond donors (Lipinski definition) is 1. The highest BCUT2D eigenvalue weighted by atomic mass is 19.4. The molecule has 2 aromatic heterocycles. The van der Waals surface area contributed by atoms with Crippen molar-refractivity contribution in [3.05, 3.63) is 53.5 Å². The summed E-state index contributed by atoms with van der Waals surface area (Å²) in [6.07, 6.45) is -1.29. The molecule has 1 aliphatic heterocycles. The first-order valence-corrected chi connectivity index (χ1v) is 10.7. The van der Waals surface area contributed by atoms with E-state index in [4.69, 9.17) is 0 Å². The van der Waals surface area contributed by atoms with Crippen LogP contribution in [0.5, 0.6) is 0 Å². The van der Waals surface area contributed by atoms with E-state index in [9.17, 15) is 18.0 Å². The average Bonchev–Trinajstić information content (AvgIpc) is 2.78. The third-order valence-electron chi connectivity index (χ3n) is 6.07. The first-order chi connectivity index (χ1) is 15.6. The summed E-state index contributed by atoms with van der Waals surface area (Å²) in [4.78, 5) is 28.6. The fourth-order valence-corrected chi connectivity index (χ4v) is 4.21. The minimum atomic E-state index is -4.41. The van der Waals surface area contributed by atoms with Crippen LogP contribution in [0.15, 0.2) is 36.8 Å². The molecule has 1 fully saturated rings. The van der Waals surface area contributed by atoms with E-state index in [0.717, 1.165) is 11.8 Å². The largest absolute Gasteiger partial charge is 0.416 e. The Balaban J connectivity index is 1.61. The van der Waals surface area contributed by atoms with Gasteiger partial charge in [0.05, 0.1) is 28.9 Å². The molecule has 33 heavy (non-hydrogen) atoms. The highest BCUT2D eigenvalue weighted by Crippen LogP contribution is 2.35. The molecule has 1 atom stereocenters. The molecule has 3 aromatic rings. The van der Waals surface area contributed by atoms with Crippen LogP contribution in [0.3, 0.4) is 0 Å². The molecule has 3 heterocycles. The van der Waals surface area contributed by atoms with Crippen molar-refractivity contribution in [1.29, 1.82) is 0 Å². The fraction of sp³-hybridized carbons (Fsp3) is 0.391. The molecule has 0 unspecified atom stereocenters. The number of piperazine rings is 1. The zero-order chi connectivity index (χ0) is 23.8. The second kappa shape index (κ2) is 8.84. The maximum Gasteiger partial charge on any atom is 0.416 e. The predicted molar refractivity (Wildman–Crippen MR) is 120 cm³/mol. The number of rotatable bonds is 4. The van der Waals surface area contributed by atoms with Crippen LogP contribution in [-0.2, 0) is 11.0 Å². The normalized spacial score (nSPS) is 15.6. The van der Waals surface area contributed by atoms with E-state index < -0.39 is 17.8 Å². The monoisotopic (exact) mass is 458 g/mol. The maximum absolute atomic E-state index is 13.3. The molecule has 1 aromatic carbocycles. The predicted octanol–water partition coefficient (Wildman–Crippen LogP) is 4.19. The molecular formula is C23H25F3N6O. The molecule has 1 N–H and O–H groups in total. The fourth-order valence-electron chi connectivity index (χ4n) is 4.21. The summed E-state index contributed by atoms with van der Waals surface area (Å²) in [5.41, 5.74) is 1.46. The Morgan fingerprint density at radius 2 is 1.85 bits per heavy atom. The Hall–Kier alpha value is -3.43. The number of benzene rings is 1. The molecular weight excluding hydrogens is 433 g/mol. The molecule has 1 aliphatic rings. The number of anilines is 2. The summed E-state index contributed by atoms with van der Waals surface area (Å²) < 4.78 is 40.0. The number of nitrogens with zero attached hydrogens (tertiary/aromatic N) is 5. The zero-order valence-electron chi connectivity index (χ0n) is 18.6. The maximum atomic E-state index is 13.3. The van der Waals surface area contributed by atoms with E-state index >= 15 is 0 Å². The summed E-state index contributed by atoms with van der Waals surface area (Å²) >= 11 is 0. The lowest BCUT2D eigenvalue weighted by atomic mass is 9.97. The van der Waals surface area contributed by atoms with Crippen LogP contribution >= 0.6 is 0 Å². The second-order valence-corrected chi connectivity index (χ2v) is 8.16. The molecule has 10 heteroatoms. The second-order valence-electron chi connectivity index (χ2n) is 8.16. The Kier molecular flexibility index (Phi) is 6.09. The third-order valence-corrected chi connectivity index (χ3v) is 6.07. The molecule has 174 valence electrons. The summed E-state index contributed by atoms with van der Waals surface area (Å²) in [6, 6.07) is 5.70. The quantitative estimate of drug-likeness (QED) is 0.632. The number of aromatic nitrogens is 3. The summed E-state index contributed by atoms with van der Waals surface area (Å²) in [5, 5.41) is 3.92. The van der Waals surface area contributed by atoms with E-state index in [-0.39, 0.29) is 11.5 Å². The lowest BCUT2D eigenvalue weighted by Gasteiger charge is -2.35. The lowest BCUT2D eigenvalue weighted by molar-refractivity contribution is -0.138. The van der Waals surface area contributed by atoms with Crippen LogP contribution in [0.1, 0.15) is 36.6 Å². The van der Waals surface area contributed by atoms with Gasteiger partial charge in [-0.25, -0.2) is 15.0 Å². The van der Waals surface area contributed by atoms with E-state index in [1.165, 1.54) is 19.3 Å². The van der Waals surface area contributed by atoms with Gasteiger partial charge in [-0.15, -0.1) is 0 Å². The van der Waals surface area contributed by atoms with Crippen LogP contribution in [-0.4, -0.2) is 51.9 Å². The first kappa shape index (κ1) is 22.8. The lowest BCUT2D eigenvalue weighted by Crippen LogP contribution is -2.48. The van der Waals surface area contributed by atoms with Gasteiger partial charge in [-0.2, -0.15) is 13.2 Å². The van der Waals surface area contributed by atoms with Crippen molar-refractivity contribution in [2.45, 2.75) is 33.0 Å². The van der Waals surface area contributed by atoms with Gasteiger partial charge in [0.25, 0.3) is 0 Å². The van der Waals surface area contributed by atoms with Crippen LogP contribution in [0, 0.1) is 6.92 Å². The average molecular weight is 458 g/mol. The molecule has 0 radical (unpaired) electrons. The Morgan fingerprint density at radius 3 is 2.52 bits per heavy atom. The number of carbonyl (C=O) groups excluding carboxylic acids is 1. The number of alkyl halides is 3. The van der Waals surface area contributed by atoms with Gasteiger partial charge < -0.3 is 15.1 Å². The van der Waals surface area contributed by atoms with Gasteiger partial charge in [0.15, 0.2) is 5.65 Å². The summed E-state index contributed by atoms with van der Waals surface area (Å²) in [5.74, 6) is 0.561. The highest BCUT2D eigenvalue weighted by molar-refractivity contribution is 5.89. The van der Waals surface area contributed by atoms with Crippen molar-refractivity contribution in [3.8, 4) is 0 Å². The number of pyridine rings is 1. The zero-order valence-corrected chi connectivity index (χ0v) is 18.6. The molecule has 0 saturated carbocycles. The van der Waals surface area contributed by atoms with Crippen LogP contribution in [0.4, 0.5) is 24.7 Å². The number of fused-ring (bicyclic) bond motifs is 1.